The van der Waals surface area contributed by atoms with E-state index < -0.39 is 0 Å². The summed E-state index contributed by atoms with van der Waals surface area (Å²) in [7, 11) is 4.69. The molecule has 0 amide bonds. The zero-order valence-corrected chi connectivity index (χ0v) is 13.7. The van der Waals surface area contributed by atoms with Gasteiger partial charge in [0.2, 0.25) is 0 Å². The summed E-state index contributed by atoms with van der Waals surface area (Å²) in [6.07, 6.45) is 3.75. The molecule has 6 nitrogen and oxygen atoms in total. The maximum atomic E-state index is 11.3. The van der Waals surface area contributed by atoms with Crippen LogP contribution >= 0.6 is 0 Å². The quantitative estimate of drug-likeness (QED) is 0.567. The Kier molecular flexibility index (Phi) is 6.62. The molecule has 0 aromatic carbocycles. The summed E-state index contributed by atoms with van der Waals surface area (Å²) in [4.78, 5) is 11.3. The molecule has 1 saturated heterocycles. The number of fused-ring (bicyclic) bond motifs is 1. The lowest BCUT2D eigenvalue weighted by atomic mass is 9.76. The lowest BCUT2D eigenvalue weighted by Gasteiger charge is -2.33. The van der Waals surface area contributed by atoms with Gasteiger partial charge in [0.25, 0.3) is 0 Å². The van der Waals surface area contributed by atoms with Crippen molar-refractivity contribution in [2.24, 2.45) is 11.8 Å². The van der Waals surface area contributed by atoms with E-state index in [-0.39, 0.29) is 36.5 Å². The van der Waals surface area contributed by atoms with E-state index in [2.05, 4.69) is 4.74 Å². The SMILES string of the molecule is COC(=O)CCCC1OC2CC(O)CCC2C1C(OC)OC. The molecule has 2 rings (SSSR count). The fourth-order valence-corrected chi connectivity index (χ4v) is 3.92. The Morgan fingerprint density at radius 3 is 2.64 bits per heavy atom. The number of esters is 1. The van der Waals surface area contributed by atoms with Crippen molar-refractivity contribution in [1.29, 1.82) is 0 Å². The monoisotopic (exact) mass is 316 g/mol. The Bertz CT molecular complexity index is 357. The number of methoxy groups -OCH3 is 3. The van der Waals surface area contributed by atoms with E-state index >= 15 is 0 Å². The number of aliphatic hydroxyl groups is 1. The lowest BCUT2D eigenvalue weighted by molar-refractivity contribution is -0.157. The van der Waals surface area contributed by atoms with Crippen LogP contribution in [0.15, 0.2) is 0 Å². The van der Waals surface area contributed by atoms with E-state index in [1.807, 2.05) is 0 Å². The minimum atomic E-state index is -0.312. The van der Waals surface area contributed by atoms with Crippen molar-refractivity contribution in [3.05, 3.63) is 0 Å². The molecule has 1 N–H and O–H groups in total. The average Bonchev–Trinajstić information content (AvgIpc) is 2.86. The van der Waals surface area contributed by atoms with Crippen LogP contribution in [-0.4, -0.2) is 57.0 Å². The number of ether oxygens (including phenoxy) is 4. The summed E-state index contributed by atoms with van der Waals surface area (Å²) in [5.41, 5.74) is 0. The van der Waals surface area contributed by atoms with Crippen LogP contribution < -0.4 is 0 Å². The number of carbonyl (C=O) groups is 1. The fraction of sp³-hybridized carbons (Fsp3) is 0.938. The summed E-state index contributed by atoms with van der Waals surface area (Å²) in [6.45, 7) is 0. The van der Waals surface area contributed by atoms with Crippen LogP contribution in [0.5, 0.6) is 0 Å². The molecule has 0 aromatic rings. The first kappa shape index (κ1) is 17.7. The molecule has 0 bridgehead atoms. The van der Waals surface area contributed by atoms with Gasteiger partial charge < -0.3 is 24.1 Å². The van der Waals surface area contributed by atoms with Gasteiger partial charge in [-0.1, -0.05) is 0 Å². The minimum Gasteiger partial charge on any atom is -0.469 e. The Labute approximate surface area is 132 Å². The minimum absolute atomic E-state index is 0.00476. The first-order valence-corrected chi connectivity index (χ1v) is 8.06. The summed E-state index contributed by atoms with van der Waals surface area (Å²) in [5, 5.41) is 9.86. The molecule has 1 aliphatic heterocycles. The van der Waals surface area contributed by atoms with E-state index in [0.717, 1.165) is 25.7 Å². The van der Waals surface area contributed by atoms with Gasteiger partial charge in [0, 0.05) is 26.6 Å². The van der Waals surface area contributed by atoms with Gasteiger partial charge in [0.15, 0.2) is 6.29 Å². The highest BCUT2D eigenvalue weighted by Gasteiger charge is 2.50. The lowest BCUT2D eigenvalue weighted by Crippen LogP contribution is -2.38. The summed E-state index contributed by atoms with van der Waals surface area (Å²) < 4.78 is 21.8. The van der Waals surface area contributed by atoms with Gasteiger partial charge in [-0.05, 0) is 38.0 Å². The highest BCUT2D eigenvalue weighted by molar-refractivity contribution is 5.68. The molecule has 6 heteroatoms. The standard InChI is InChI=1S/C16H28O6/c1-19-14(18)6-4-5-12-15(16(20-2)21-3)11-8-7-10(17)9-13(11)22-12/h10-13,15-17H,4-9H2,1-3H3. The van der Waals surface area contributed by atoms with Gasteiger partial charge in [-0.15, -0.1) is 0 Å². The third kappa shape index (κ3) is 3.98. The predicted octanol–water partition coefficient (Wildman–Crippen LogP) is 1.49. The van der Waals surface area contributed by atoms with Crippen LogP contribution in [0.25, 0.3) is 0 Å². The topological polar surface area (TPSA) is 74.2 Å². The fourth-order valence-electron chi connectivity index (χ4n) is 3.92. The van der Waals surface area contributed by atoms with Gasteiger partial charge >= 0.3 is 5.97 Å². The predicted molar refractivity (Wildman–Crippen MR) is 79.2 cm³/mol. The smallest absolute Gasteiger partial charge is 0.305 e. The van der Waals surface area contributed by atoms with E-state index in [4.69, 9.17) is 14.2 Å². The molecule has 0 aromatic heterocycles. The van der Waals surface area contributed by atoms with Crippen LogP contribution in [0.3, 0.4) is 0 Å². The molecule has 0 spiro atoms. The number of carbonyl (C=O) groups excluding carboxylic acids is 1. The highest BCUT2D eigenvalue weighted by atomic mass is 16.7. The molecule has 1 aliphatic carbocycles. The molecule has 2 aliphatic rings. The van der Waals surface area contributed by atoms with Gasteiger partial charge in [-0.25, -0.2) is 0 Å². The molecule has 128 valence electrons. The van der Waals surface area contributed by atoms with Crippen molar-refractivity contribution in [3.63, 3.8) is 0 Å². The van der Waals surface area contributed by atoms with Gasteiger partial charge in [-0.3, -0.25) is 4.79 Å². The third-order valence-electron chi connectivity index (χ3n) is 4.96. The Morgan fingerprint density at radius 1 is 1.27 bits per heavy atom. The van der Waals surface area contributed by atoms with Crippen LogP contribution in [0.1, 0.15) is 38.5 Å². The maximum Gasteiger partial charge on any atom is 0.305 e. The van der Waals surface area contributed by atoms with Crippen LogP contribution in [0.4, 0.5) is 0 Å². The van der Waals surface area contributed by atoms with E-state index in [9.17, 15) is 9.90 Å². The molecule has 5 atom stereocenters. The van der Waals surface area contributed by atoms with Crippen molar-refractivity contribution < 1.29 is 28.8 Å². The van der Waals surface area contributed by atoms with Crippen molar-refractivity contribution in [3.8, 4) is 0 Å². The van der Waals surface area contributed by atoms with Crippen molar-refractivity contribution >= 4 is 5.97 Å². The highest BCUT2D eigenvalue weighted by Crippen LogP contribution is 2.45. The maximum absolute atomic E-state index is 11.3. The van der Waals surface area contributed by atoms with E-state index in [0.29, 0.717) is 18.8 Å². The van der Waals surface area contributed by atoms with Crippen LogP contribution in [-0.2, 0) is 23.7 Å². The largest absolute Gasteiger partial charge is 0.469 e. The summed E-state index contributed by atoms with van der Waals surface area (Å²) >= 11 is 0. The van der Waals surface area contributed by atoms with Crippen molar-refractivity contribution in [2.75, 3.05) is 21.3 Å². The van der Waals surface area contributed by atoms with E-state index in [1.54, 1.807) is 14.2 Å². The second kappa shape index (κ2) is 8.24. The Hall–Kier alpha value is -0.690. The zero-order valence-electron chi connectivity index (χ0n) is 13.7. The van der Waals surface area contributed by atoms with Gasteiger partial charge in [0.1, 0.15) is 0 Å². The number of rotatable bonds is 7. The van der Waals surface area contributed by atoms with Crippen molar-refractivity contribution in [1.82, 2.24) is 0 Å². The molecule has 0 radical (unpaired) electrons. The molecule has 5 unspecified atom stereocenters. The molecule has 22 heavy (non-hydrogen) atoms. The normalized spacial score (nSPS) is 34.7. The molecular formula is C16H28O6. The molecule has 1 heterocycles. The second-order valence-electron chi connectivity index (χ2n) is 6.23. The number of hydrogen-bond donors (Lipinski definition) is 1. The first-order valence-electron chi connectivity index (χ1n) is 8.06. The Balaban J connectivity index is 2.00. The number of aliphatic hydroxyl groups excluding tert-OH is 1. The van der Waals surface area contributed by atoms with Crippen LogP contribution in [0, 0.1) is 11.8 Å². The Morgan fingerprint density at radius 2 is 2.00 bits per heavy atom. The van der Waals surface area contributed by atoms with Crippen molar-refractivity contribution in [2.45, 2.75) is 63.1 Å². The van der Waals surface area contributed by atoms with Crippen LogP contribution in [0.2, 0.25) is 0 Å². The van der Waals surface area contributed by atoms with Gasteiger partial charge in [0.05, 0.1) is 25.4 Å². The number of hydrogen-bond acceptors (Lipinski definition) is 6. The first-order chi connectivity index (χ1) is 10.6. The third-order valence-corrected chi connectivity index (χ3v) is 4.96. The summed E-state index contributed by atoms with van der Waals surface area (Å²) in [5.74, 6) is 0.291. The molecular weight excluding hydrogens is 288 g/mol. The van der Waals surface area contributed by atoms with E-state index in [1.165, 1.54) is 7.11 Å². The summed E-state index contributed by atoms with van der Waals surface area (Å²) in [6, 6.07) is 0. The molecule has 2 fully saturated rings. The second-order valence-corrected chi connectivity index (χ2v) is 6.23. The average molecular weight is 316 g/mol. The van der Waals surface area contributed by atoms with Gasteiger partial charge in [-0.2, -0.15) is 0 Å². The zero-order chi connectivity index (χ0) is 16.1. The molecule has 1 saturated carbocycles.